The minimum Gasteiger partial charge on any atom is -0.480 e. The second kappa shape index (κ2) is 8.78. The molecule has 29 heavy (non-hydrogen) atoms. The molecule has 11 heteroatoms. The van der Waals surface area contributed by atoms with Gasteiger partial charge in [0.05, 0.1) is 11.5 Å². The molecule has 0 unspecified atom stereocenters. The lowest BCUT2D eigenvalue weighted by Gasteiger charge is -2.31. The molecule has 3 amide bonds. The minimum absolute atomic E-state index is 0.172. The van der Waals surface area contributed by atoms with Crippen molar-refractivity contribution in [1.82, 2.24) is 15.1 Å². The molecule has 0 aromatic rings. The van der Waals surface area contributed by atoms with Crippen molar-refractivity contribution in [3.05, 3.63) is 0 Å². The monoisotopic (exact) mass is 431 g/mol. The zero-order chi connectivity index (χ0) is 22.1. The summed E-state index contributed by atoms with van der Waals surface area (Å²) in [5, 5.41) is 21.6. The van der Waals surface area contributed by atoms with Gasteiger partial charge in [0.1, 0.15) is 17.7 Å². The van der Waals surface area contributed by atoms with Gasteiger partial charge in [0.2, 0.25) is 11.8 Å². The fraction of sp³-hybridized carbons (Fsp3) is 0.778. The number of carboxylic acid groups (broad SMARTS) is 1. The number of aliphatic hydroxyl groups excluding tert-OH is 1. The fourth-order valence-corrected chi connectivity index (χ4v) is 4.62. The normalized spacial score (nSPS) is 28.2. The summed E-state index contributed by atoms with van der Waals surface area (Å²) < 4.78 is 5.25. The van der Waals surface area contributed by atoms with Crippen molar-refractivity contribution in [2.24, 2.45) is 0 Å². The highest BCUT2D eigenvalue weighted by atomic mass is 32.2. The van der Waals surface area contributed by atoms with E-state index in [0.29, 0.717) is 12.2 Å². The predicted molar refractivity (Wildman–Crippen MR) is 105 cm³/mol. The molecule has 2 rings (SSSR count). The Morgan fingerprint density at radius 1 is 1.34 bits per heavy atom. The third-order valence-electron chi connectivity index (χ3n) is 4.90. The summed E-state index contributed by atoms with van der Waals surface area (Å²) in [6.07, 6.45) is -1.32. The number of nitrogens with one attached hydrogen (secondary N) is 1. The van der Waals surface area contributed by atoms with Crippen molar-refractivity contribution < 1.29 is 34.1 Å². The molecule has 2 heterocycles. The van der Waals surface area contributed by atoms with E-state index in [1.807, 2.05) is 0 Å². The number of ether oxygens (including phenoxy) is 1. The smallest absolute Gasteiger partial charge is 0.410 e. The fourth-order valence-electron chi connectivity index (χ4n) is 3.24. The first kappa shape index (κ1) is 23.3. The Bertz CT molecular complexity index is 681. The summed E-state index contributed by atoms with van der Waals surface area (Å²) in [6, 6.07) is -3.16. The van der Waals surface area contributed by atoms with Gasteiger partial charge < -0.3 is 25.2 Å². The maximum absolute atomic E-state index is 13.0. The lowest BCUT2D eigenvalue weighted by atomic mass is 10.1. The molecule has 0 radical (unpaired) electrons. The third kappa shape index (κ3) is 5.33. The van der Waals surface area contributed by atoms with Crippen molar-refractivity contribution in [2.45, 2.75) is 75.7 Å². The van der Waals surface area contributed by atoms with Gasteiger partial charge in [-0.1, -0.05) is 0 Å². The van der Waals surface area contributed by atoms with Crippen molar-refractivity contribution in [3.63, 3.8) is 0 Å². The average Bonchev–Trinajstić information content (AvgIpc) is 2.86. The zero-order valence-corrected chi connectivity index (χ0v) is 18.1. The predicted octanol–water partition coefficient (Wildman–Crippen LogP) is 0.236. The van der Waals surface area contributed by atoms with Crippen LogP contribution in [-0.2, 0) is 19.1 Å². The van der Waals surface area contributed by atoms with Gasteiger partial charge in [-0.2, -0.15) is 0 Å². The molecule has 0 aliphatic carbocycles. The molecule has 5 atom stereocenters. The van der Waals surface area contributed by atoms with E-state index in [1.165, 1.54) is 25.7 Å². The van der Waals surface area contributed by atoms with Crippen molar-refractivity contribution in [3.8, 4) is 0 Å². The average molecular weight is 432 g/mol. The Hall–Kier alpha value is -2.01. The molecule has 0 aromatic carbocycles. The number of carbonyl (C=O) groups is 4. The van der Waals surface area contributed by atoms with E-state index in [4.69, 9.17) is 4.74 Å². The number of likely N-dealkylation sites (N-methyl/N-ethyl adjacent to an activating group) is 1. The van der Waals surface area contributed by atoms with Crippen LogP contribution in [0.25, 0.3) is 0 Å². The Morgan fingerprint density at radius 2 is 1.97 bits per heavy atom. The van der Waals surface area contributed by atoms with Crippen LogP contribution in [0.5, 0.6) is 0 Å². The van der Waals surface area contributed by atoms with E-state index in [1.54, 1.807) is 20.8 Å². The highest BCUT2D eigenvalue weighted by molar-refractivity contribution is 7.99. The molecule has 0 saturated carbocycles. The Kier molecular flexibility index (Phi) is 7.05. The van der Waals surface area contributed by atoms with Gasteiger partial charge in [0.25, 0.3) is 0 Å². The van der Waals surface area contributed by atoms with E-state index in [-0.39, 0.29) is 6.42 Å². The number of carboxylic acids is 1. The van der Waals surface area contributed by atoms with Gasteiger partial charge in [-0.05, 0) is 39.9 Å². The number of thioether (sulfide) groups is 1. The molecule has 2 fully saturated rings. The molecule has 2 aliphatic heterocycles. The van der Waals surface area contributed by atoms with Gasteiger partial charge in [-0.3, -0.25) is 14.5 Å². The number of amides is 3. The van der Waals surface area contributed by atoms with Gasteiger partial charge in [-0.15, -0.1) is 11.8 Å². The van der Waals surface area contributed by atoms with Crippen LogP contribution in [0.2, 0.25) is 0 Å². The highest BCUT2D eigenvalue weighted by Gasteiger charge is 2.50. The topological polar surface area (TPSA) is 136 Å². The molecule has 164 valence electrons. The molecular formula is C18H29N3O7S. The van der Waals surface area contributed by atoms with Crippen LogP contribution >= 0.6 is 11.8 Å². The summed E-state index contributed by atoms with van der Waals surface area (Å²) in [6.45, 7) is 6.65. The number of hydrogen-bond donors (Lipinski definition) is 3. The van der Waals surface area contributed by atoms with Crippen molar-refractivity contribution in [2.75, 3.05) is 12.8 Å². The van der Waals surface area contributed by atoms with Gasteiger partial charge in [0, 0.05) is 13.5 Å². The number of fused-ring (bicyclic) bond motifs is 1. The quantitative estimate of drug-likeness (QED) is 0.576. The van der Waals surface area contributed by atoms with E-state index < -0.39 is 59.1 Å². The summed E-state index contributed by atoms with van der Waals surface area (Å²) >= 11 is 1.39. The molecule has 10 nitrogen and oxygen atoms in total. The second-order valence-corrected chi connectivity index (χ2v) is 9.56. The highest BCUT2D eigenvalue weighted by Crippen LogP contribution is 2.36. The lowest BCUT2D eigenvalue weighted by molar-refractivity contribution is -0.152. The van der Waals surface area contributed by atoms with Gasteiger partial charge in [0.15, 0.2) is 6.04 Å². The Balaban J connectivity index is 2.08. The molecule has 0 spiro atoms. The van der Waals surface area contributed by atoms with Gasteiger partial charge in [-0.25, -0.2) is 9.59 Å². The van der Waals surface area contributed by atoms with E-state index >= 15 is 0 Å². The first-order valence-corrected chi connectivity index (χ1v) is 10.5. The van der Waals surface area contributed by atoms with Crippen LogP contribution in [0.3, 0.4) is 0 Å². The molecule has 0 bridgehead atoms. The number of hydrogen-bond acceptors (Lipinski definition) is 7. The largest absolute Gasteiger partial charge is 0.480 e. The minimum atomic E-state index is -1.33. The molecule has 2 saturated heterocycles. The Labute approximate surface area is 173 Å². The zero-order valence-electron chi connectivity index (χ0n) is 17.2. The van der Waals surface area contributed by atoms with Crippen LogP contribution in [0, 0.1) is 0 Å². The maximum atomic E-state index is 13.0. The molecule has 2 aliphatic rings. The summed E-state index contributed by atoms with van der Waals surface area (Å²) in [7, 11) is 1.43. The van der Waals surface area contributed by atoms with E-state index in [2.05, 4.69) is 5.32 Å². The number of carbonyl (C=O) groups excluding carboxylic acids is 3. The standard InChI is InChI=1S/C18H29N3O7S/c1-9(20(5)17(27)28-18(2,3)4)14(23)19-10-6-7-29-12-8-11(22)13(16(25)26)21(12)15(10)24/h9-13,22H,6-8H2,1-5H3,(H,19,23)(H,25,26)/t9-,10-,11-,12-,13-/m0/s1. The van der Waals surface area contributed by atoms with Crippen molar-refractivity contribution in [1.29, 1.82) is 0 Å². The van der Waals surface area contributed by atoms with Crippen LogP contribution in [-0.4, -0.2) is 91.9 Å². The SMILES string of the molecule is C[C@@H](C(=O)N[C@H]1CCS[C@H]2C[C@H](O)[C@@H](C(=O)O)N2C1=O)N(C)C(=O)OC(C)(C)C. The second-order valence-electron chi connectivity index (χ2n) is 8.27. The summed E-state index contributed by atoms with van der Waals surface area (Å²) in [5.41, 5.74) is -0.715. The number of rotatable bonds is 4. The van der Waals surface area contributed by atoms with Crippen LogP contribution in [0.1, 0.15) is 40.5 Å². The lowest BCUT2D eigenvalue weighted by Crippen LogP contribution is -2.56. The number of aliphatic carboxylic acids is 1. The first-order chi connectivity index (χ1) is 13.3. The van der Waals surface area contributed by atoms with Crippen molar-refractivity contribution >= 4 is 35.6 Å². The van der Waals surface area contributed by atoms with Gasteiger partial charge >= 0.3 is 12.1 Å². The van der Waals surface area contributed by atoms with E-state index in [9.17, 15) is 29.4 Å². The van der Waals surface area contributed by atoms with Crippen LogP contribution in [0.4, 0.5) is 4.79 Å². The van der Waals surface area contributed by atoms with Crippen LogP contribution in [0.15, 0.2) is 0 Å². The molecule has 0 aromatic heterocycles. The Morgan fingerprint density at radius 3 is 2.52 bits per heavy atom. The first-order valence-electron chi connectivity index (χ1n) is 9.44. The van der Waals surface area contributed by atoms with E-state index in [0.717, 1.165) is 9.80 Å². The molecule has 3 N–H and O–H groups in total. The summed E-state index contributed by atoms with van der Waals surface area (Å²) in [4.78, 5) is 51.6. The number of nitrogens with zero attached hydrogens (tertiary/aromatic N) is 2. The number of aliphatic hydroxyl groups is 1. The molecular weight excluding hydrogens is 402 g/mol. The maximum Gasteiger partial charge on any atom is 0.410 e. The third-order valence-corrected chi connectivity index (χ3v) is 6.17. The van der Waals surface area contributed by atoms with Crippen LogP contribution < -0.4 is 5.32 Å². The summed E-state index contributed by atoms with van der Waals surface area (Å²) in [5.74, 6) is -1.84.